The highest BCUT2D eigenvalue weighted by Gasteiger charge is 2.37. The zero-order valence-electron chi connectivity index (χ0n) is 16.5. The zero-order valence-corrected chi connectivity index (χ0v) is 16.5. The van der Waals surface area contributed by atoms with Crippen LogP contribution in [0.4, 0.5) is 0 Å². The minimum absolute atomic E-state index is 0.0390. The summed E-state index contributed by atoms with van der Waals surface area (Å²) in [5.74, 6) is 0. The van der Waals surface area contributed by atoms with E-state index in [-0.39, 0.29) is 13.2 Å². The fourth-order valence-corrected chi connectivity index (χ4v) is 3.13. The van der Waals surface area contributed by atoms with Crippen LogP contribution in [0.5, 0.6) is 0 Å². The number of aliphatic hydroxyl groups excluding tert-OH is 3. The van der Waals surface area contributed by atoms with Gasteiger partial charge >= 0.3 is 0 Å². The average molecular weight is 373 g/mol. The Balaban J connectivity index is 1.85. The summed E-state index contributed by atoms with van der Waals surface area (Å²) in [7, 11) is 0. The number of rotatable bonds is 15. The molecule has 1 aliphatic heterocycles. The summed E-state index contributed by atoms with van der Waals surface area (Å²) in [6.07, 6.45) is 14.5. The summed E-state index contributed by atoms with van der Waals surface area (Å²) in [6, 6.07) is 0. The molecule has 0 saturated carbocycles. The smallest absolute Gasteiger partial charge is 0.111 e. The van der Waals surface area contributed by atoms with Gasteiger partial charge in [-0.1, -0.05) is 57.6 Å². The molecule has 0 spiro atoms. The third-order valence-electron chi connectivity index (χ3n) is 4.94. The van der Waals surface area contributed by atoms with Gasteiger partial charge in [0.15, 0.2) is 0 Å². The van der Waals surface area contributed by atoms with Gasteiger partial charge in [-0.15, -0.1) is 0 Å². The minimum Gasteiger partial charge on any atom is -0.388 e. The lowest BCUT2D eigenvalue weighted by molar-refractivity contribution is -0.199. The first-order valence-electron chi connectivity index (χ1n) is 10.5. The van der Waals surface area contributed by atoms with E-state index in [1.165, 1.54) is 51.4 Å². The van der Waals surface area contributed by atoms with Gasteiger partial charge in [-0.05, 0) is 32.1 Å². The van der Waals surface area contributed by atoms with Gasteiger partial charge in [0.2, 0.25) is 0 Å². The summed E-state index contributed by atoms with van der Waals surface area (Å²) in [6.45, 7) is 3.18. The molecule has 0 aromatic rings. The monoisotopic (exact) mass is 372 g/mol. The highest BCUT2D eigenvalue weighted by Crippen LogP contribution is 2.16. The van der Waals surface area contributed by atoms with E-state index >= 15 is 0 Å². The number of hydrogen-bond donors (Lipinski definition) is 3. The first kappa shape index (κ1) is 23.6. The lowest BCUT2D eigenvalue weighted by Gasteiger charge is -2.35. The standard InChI is InChI=1S/C21H40O5/c1-2-3-4-5-6-7-8-9-10-11-12-13-14-15-25-17-19-21(24)20(23)18(22)16-26-19/h9-10,18-24H,2-8,11-17H2,1H3/b10-9+/t18-,19+,20+,21+/m0/s1. The number of ether oxygens (including phenoxy) is 2. The molecule has 1 heterocycles. The first-order valence-corrected chi connectivity index (χ1v) is 10.5. The van der Waals surface area contributed by atoms with Gasteiger partial charge in [0.25, 0.3) is 0 Å². The predicted octanol–water partition coefficient (Wildman–Crippen LogP) is 3.35. The van der Waals surface area contributed by atoms with Gasteiger partial charge in [-0.3, -0.25) is 0 Å². The van der Waals surface area contributed by atoms with E-state index < -0.39 is 24.4 Å². The van der Waals surface area contributed by atoms with Crippen LogP contribution >= 0.6 is 0 Å². The second kappa shape index (κ2) is 15.6. The van der Waals surface area contributed by atoms with Crippen LogP contribution < -0.4 is 0 Å². The Morgan fingerprint density at radius 3 is 2.15 bits per heavy atom. The van der Waals surface area contributed by atoms with Gasteiger partial charge < -0.3 is 24.8 Å². The SMILES string of the molecule is CCCCCCCC/C=C/CCCCCOC[C@H]1OC[C@H](O)[C@@H](O)[C@@H]1O. The molecule has 0 aromatic heterocycles. The van der Waals surface area contributed by atoms with Crippen molar-refractivity contribution >= 4 is 0 Å². The Bertz CT molecular complexity index is 347. The molecule has 0 aliphatic carbocycles. The topological polar surface area (TPSA) is 79.2 Å². The van der Waals surface area contributed by atoms with Crippen molar-refractivity contribution in [3.63, 3.8) is 0 Å². The molecule has 5 nitrogen and oxygen atoms in total. The van der Waals surface area contributed by atoms with Crippen LogP contribution in [0.3, 0.4) is 0 Å². The highest BCUT2D eigenvalue weighted by atomic mass is 16.6. The Labute approximate surface area is 159 Å². The first-order chi connectivity index (χ1) is 12.7. The number of allylic oxidation sites excluding steroid dienone is 2. The molecular weight excluding hydrogens is 332 g/mol. The van der Waals surface area contributed by atoms with E-state index in [1.54, 1.807) is 0 Å². The quantitative estimate of drug-likeness (QED) is 0.303. The highest BCUT2D eigenvalue weighted by molar-refractivity contribution is 4.86. The summed E-state index contributed by atoms with van der Waals surface area (Å²) < 4.78 is 10.8. The van der Waals surface area contributed by atoms with Gasteiger partial charge in [-0.2, -0.15) is 0 Å². The van der Waals surface area contributed by atoms with Gasteiger partial charge in [0.05, 0.1) is 13.2 Å². The van der Waals surface area contributed by atoms with Crippen LogP contribution in [0, 0.1) is 0 Å². The van der Waals surface area contributed by atoms with Crippen molar-refractivity contribution in [3.8, 4) is 0 Å². The third-order valence-corrected chi connectivity index (χ3v) is 4.94. The lowest BCUT2D eigenvalue weighted by Crippen LogP contribution is -2.54. The molecule has 1 fully saturated rings. The lowest BCUT2D eigenvalue weighted by atomic mass is 10.0. The zero-order chi connectivity index (χ0) is 19.0. The maximum atomic E-state index is 9.80. The molecule has 0 radical (unpaired) electrons. The van der Waals surface area contributed by atoms with Crippen molar-refractivity contribution in [1.29, 1.82) is 0 Å². The minimum atomic E-state index is -1.15. The van der Waals surface area contributed by atoms with Crippen LogP contribution in [0.25, 0.3) is 0 Å². The van der Waals surface area contributed by atoms with Crippen molar-refractivity contribution in [1.82, 2.24) is 0 Å². The molecule has 154 valence electrons. The predicted molar refractivity (Wildman–Crippen MR) is 104 cm³/mol. The molecule has 5 heteroatoms. The summed E-state index contributed by atoms with van der Waals surface area (Å²) in [4.78, 5) is 0. The largest absolute Gasteiger partial charge is 0.388 e. The van der Waals surface area contributed by atoms with Gasteiger partial charge in [0.1, 0.15) is 24.4 Å². The second-order valence-corrected chi connectivity index (χ2v) is 7.37. The average Bonchev–Trinajstić information content (AvgIpc) is 2.64. The Morgan fingerprint density at radius 2 is 1.46 bits per heavy atom. The Morgan fingerprint density at radius 1 is 0.846 bits per heavy atom. The molecular formula is C21H40O5. The second-order valence-electron chi connectivity index (χ2n) is 7.37. The Kier molecular flexibility index (Phi) is 14.1. The van der Waals surface area contributed by atoms with Crippen molar-refractivity contribution < 1.29 is 24.8 Å². The van der Waals surface area contributed by atoms with E-state index in [0.29, 0.717) is 6.61 Å². The molecule has 26 heavy (non-hydrogen) atoms. The molecule has 4 atom stereocenters. The fraction of sp³-hybridized carbons (Fsp3) is 0.905. The van der Waals surface area contributed by atoms with Gasteiger partial charge in [-0.25, -0.2) is 0 Å². The third kappa shape index (κ3) is 10.6. The summed E-state index contributed by atoms with van der Waals surface area (Å²) >= 11 is 0. The van der Waals surface area contributed by atoms with E-state index in [2.05, 4.69) is 19.1 Å². The van der Waals surface area contributed by atoms with E-state index in [0.717, 1.165) is 19.3 Å². The molecule has 0 aromatic carbocycles. The van der Waals surface area contributed by atoms with E-state index in [9.17, 15) is 15.3 Å². The molecule has 1 aliphatic rings. The number of unbranched alkanes of at least 4 members (excludes halogenated alkanes) is 9. The van der Waals surface area contributed by atoms with Crippen LogP contribution in [-0.2, 0) is 9.47 Å². The fourth-order valence-electron chi connectivity index (χ4n) is 3.13. The van der Waals surface area contributed by atoms with Crippen molar-refractivity contribution in [3.05, 3.63) is 12.2 Å². The van der Waals surface area contributed by atoms with Crippen LogP contribution in [0.2, 0.25) is 0 Å². The normalized spacial score (nSPS) is 26.6. The molecule has 1 saturated heterocycles. The van der Waals surface area contributed by atoms with E-state index in [1.807, 2.05) is 0 Å². The van der Waals surface area contributed by atoms with Crippen LogP contribution in [0.1, 0.15) is 77.6 Å². The van der Waals surface area contributed by atoms with Crippen LogP contribution in [-0.4, -0.2) is 59.6 Å². The molecule has 0 bridgehead atoms. The van der Waals surface area contributed by atoms with Crippen LogP contribution in [0.15, 0.2) is 12.2 Å². The molecule has 0 unspecified atom stereocenters. The molecule has 1 rings (SSSR count). The maximum absolute atomic E-state index is 9.80. The van der Waals surface area contributed by atoms with Gasteiger partial charge in [0, 0.05) is 6.61 Å². The van der Waals surface area contributed by atoms with E-state index in [4.69, 9.17) is 9.47 Å². The summed E-state index contributed by atoms with van der Waals surface area (Å²) in [5, 5.41) is 28.8. The Hall–Kier alpha value is -0.460. The molecule has 0 amide bonds. The van der Waals surface area contributed by atoms with Crippen molar-refractivity contribution in [2.45, 2.75) is 102 Å². The number of hydrogen-bond acceptors (Lipinski definition) is 5. The molecule has 3 N–H and O–H groups in total. The number of aliphatic hydroxyl groups is 3. The van der Waals surface area contributed by atoms with Crippen molar-refractivity contribution in [2.75, 3.05) is 19.8 Å². The van der Waals surface area contributed by atoms with Crippen molar-refractivity contribution in [2.24, 2.45) is 0 Å². The maximum Gasteiger partial charge on any atom is 0.111 e. The summed E-state index contributed by atoms with van der Waals surface area (Å²) in [5.41, 5.74) is 0.